The van der Waals surface area contributed by atoms with Gasteiger partial charge in [-0.2, -0.15) is 22.6 Å². The molecule has 0 radical (unpaired) electrons. The van der Waals surface area contributed by atoms with Gasteiger partial charge in [-0.25, -0.2) is 13.5 Å². The van der Waals surface area contributed by atoms with Crippen molar-refractivity contribution in [1.82, 2.24) is 19.4 Å². The standard InChI is InChI=1S/C16H15F3N4O4S/c17-16(18,19)11-2-1-3-12(10-11)28(26,27)23-8-6-22(7-9-23)15(25)13-4-5-14(24)21-20-13/h1-5,10H,6-9H2,(H,21,24). The number of carbonyl (C=O) groups is 1. The van der Waals surface area contributed by atoms with Crippen molar-refractivity contribution < 1.29 is 26.4 Å². The summed E-state index contributed by atoms with van der Waals surface area (Å²) in [5, 5.41) is 5.77. The number of H-pyrrole nitrogens is 1. The quantitative estimate of drug-likeness (QED) is 0.802. The number of halogens is 3. The molecule has 1 aromatic heterocycles. The highest BCUT2D eigenvalue weighted by atomic mass is 32.2. The Bertz CT molecular complexity index is 1020. The fraction of sp³-hybridized carbons (Fsp3) is 0.312. The maximum atomic E-state index is 12.8. The Balaban J connectivity index is 1.73. The van der Waals surface area contributed by atoms with Crippen LogP contribution >= 0.6 is 0 Å². The van der Waals surface area contributed by atoms with Gasteiger partial charge in [0.1, 0.15) is 5.69 Å². The van der Waals surface area contributed by atoms with Crippen LogP contribution in [-0.4, -0.2) is 59.9 Å². The molecule has 8 nitrogen and oxygen atoms in total. The van der Waals surface area contributed by atoms with Gasteiger partial charge < -0.3 is 4.90 Å². The second kappa shape index (κ2) is 7.36. The van der Waals surface area contributed by atoms with Crippen molar-refractivity contribution >= 4 is 15.9 Å². The van der Waals surface area contributed by atoms with E-state index in [1.165, 1.54) is 11.0 Å². The van der Waals surface area contributed by atoms with Gasteiger partial charge in [-0.3, -0.25) is 9.59 Å². The van der Waals surface area contributed by atoms with Crippen LogP contribution < -0.4 is 5.56 Å². The summed E-state index contributed by atoms with van der Waals surface area (Å²) in [6.07, 6.45) is -4.65. The number of aromatic amines is 1. The van der Waals surface area contributed by atoms with E-state index in [4.69, 9.17) is 0 Å². The van der Waals surface area contributed by atoms with Crippen LogP contribution in [0, 0.1) is 0 Å². The van der Waals surface area contributed by atoms with E-state index < -0.39 is 38.1 Å². The molecule has 0 atom stereocenters. The van der Waals surface area contributed by atoms with Gasteiger partial charge in [0, 0.05) is 32.2 Å². The maximum absolute atomic E-state index is 12.8. The molecule has 0 spiro atoms. The van der Waals surface area contributed by atoms with Gasteiger partial charge in [0.2, 0.25) is 10.0 Å². The van der Waals surface area contributed by atoms with E-state index in [2.05, 4.69) is 10.2 Å². The zero-order valence-electron chi connectivity index (χ0n) is 14.3. The molecule has 28 heavy (non-hydrogen) atoms. The zero-order valence-corrected chi connectivity index (χ0v) is 15.1. The lowest BCUT2D eigenvalue weighted by atomic mass is 10.2. The van der Waals surface area contributed by atoms with Gasteiger partial charge in [-0.15, -0.1) is 0 Å². The van der Waals surface area contributed by atoms with Crippen LogP contribution in [0.4, 0.5) is 13.2 Å². The molecule has 1 aromatic carbocycles. The molecule has 3 rings (SSSR count). The Morgan fingerprint density at radius 2 is 1.75 bits per heavy atom. The number of nitrogens with zero attached hydrogens (tertiary/aromatic N) is 3. The number of benzene rings is 1. The SMILES string of the molecule is O=C(c1ccc(=O)[nH]n1)N1CCN(S(=O)(=O)c2cccc(C(F)(F)F)c2)CC1. The first kappa shape index (κ1) is 20.0. The third kappa shape index (κ3) is 4.07. The van der Waals surface area contributed by atoms with Crippen LogP contribution in [0.2, 0.25) is 0 Å². The predicted molar refractivity (Wildman–Crippen MR) is 91.0 cm³/mol. The minimum atomic E-state index is -4.65. The van der Waals surface area contributed by atoms with E-state index in [0.717, 1.165) is 28.6 Å². The van der Waals surface area contributed by atoms with Gasteiger partial charge in [-0.05, 0) is 24.3 Å². The van der Waals surface area contributed by atoms with Gasteiger partial charge in [0.25, 0.3) is 11.5 Å². The van der Waals surface area contributed by atoms with Gasteiger partial charge in [0.15, 0.2) is 0 Å². The van der Waals surface area contributed by atoms with Crippen LogP contribution in [0.15, 0.2) is 46.1 Å². The van der Waals surface area contributed by atoms with Crippen molar-refractivity contribution in [2.24, 2.45) is 0 Å². The second-order valence-electron chi connectivity index (χ2n) is 6.03. The number of aromatic nitrogens is 2. The van der Waals surface area contributed by atoms with E-state index in [9.17, 15) is 31.2 Å². The molecule has 0 saturated carbocycles. The first-order chi connectivity index (χ1) is 13.1. The summed E-state index contributed by atoms with van der Waals surface area (Å²) in [6.45, 7) is -0.0724. The van der Waals surface area contributed by atoms with Crippen LogP contribution in [0.25, 0.3) is 0 Å². The van der Waals surface area contributed by atoms with Crippen molar-refractivity contribution in [3.63, 3.8) is 0 Å². The van der Waals surface area contributed by atoms with Crippen molar-refractivity contribution in [3.8, 4) is 0 Å². The molecule has 12 heteroatoms. The molecule has 0 unspecified atom stereocenters. The van der Waals surface area contributed by atoms with E-state index in [0.29, 0.717) is 6.07 Å². The lowest BCUT2D eigenvalue weighted by Crippen LogP contribution is -2.50. The molecule has 150 valence electrons. The van der Waals surface area contributed by atoms with Crippen LogP contribution in [-0.2, 0) is 16.2 Å². The number of alkyl halides is 3. The Labute approximate surface area is 157 Å². The van der Waals surface area contributed by atoms with Crippen LogP contribution in [0.1, 0.15) is 16.1 Å². The maximum Gasteiger partial charge on any atom is 0.416 e. The third-order valence-electron chi connectivity index (χ3n) is 4.22. The molecule has 1 fully saturated rings. The van der Waals surface area contributed by atoms with E-state index in [1.54, 1.807) is 0 Å². The van der Waals surface area contributed by atoms with Crippen molar-refractivity contribution in [2.75, 3.05) is 26.2 Å². The molecule has 1 amide bonds. The summed E-state index contributed by atoms with van der Waals surface area (Å²) >= 11 is 0. The zero-order chi connectivity index (χ0) is 20.5. The normalized spacial score (nSPS) is 16.2. The Morgan fingerprint density at radius 1 is 1.07 bits per heavy atom. The number of carbonyl (C=O) groups excluding carboxylic acids is 1. The van der Waals surface area contributed by atoms with Crippen LogP contribution in [0.5, 0.6) is 0 Å². The molecule has 1 N–H and O–H groups in total. The Kier molecular flexibility index (Phi) is 5.26. The summed E-state index contributed by atoms with van der Waals surface area (Å²) in [4.78, 5) is 24.3. The number of amides is 1. The Morgan fingerprint density at radius 3 is 2.32 bits per heavy atom. The largest absolute Gasteiger partial charge is 0.416 e. The lowest BCUT2D eigenvalue weighted by molar-refractivity contribution is -0.137. The molecule has 1 saturated heterocycles. The van der Waals surface area contributed by atoms with Gasteiger partial charge in [0.05, 0.1) is 10.5 Å². The summed E-state index contributed by atoms with van der Waals surface area (Å²) in [5.74, 6) is -0.479. The smallest absolute Gasteiger partial charge is 0.335 e. The summed E-state index contributed by atoms with van der Waals surface area (Å²) < 4.78 is 64.9. The first-order valence-corrected chi connectivity index (χ1v) is 9.55. The number of hydrogen-bond acceptors (Lipinski definition) is 5. The summed E-state index contributed by atoms with van der Waals surface area (Å²) in [5.41, 5.74) is -1.51. The van der Waals surface area contributed by atoms with E-state index >= 15 is 0 Å². The van der Waals surface area contributed by atoms with Gasteiger partial charge >= 0.3 is 6.18 Å². The summed E-state index contributed by atoms with van der Waals surface area (Å²) in [6, 6.07) is 5.94. The van der Waals surface area contributed by atoms with E-state index in [1.807, 2.05) is 0 Å². The third-order valence-corrected chi connectivity index (χ3v) is 6.12. The predicted octanol–water partition coefficient (Wildman–Crippen LogP) is 0.935. The average molecular weight is 416 g/mol. The molecule has 1 aliphatic rings. The number of sulfonamides is 1. The first-order valence-electron chi connectivity index (χ1n) is 8.11. The minimum Gasteiger partial charge on any atom is -0.335 e. The number of piperazine rings is 1. The highest BCUT2D eigenvalue weighted by Gasteiger charge is 2.34. The molecule has 0 bridgehead atoms. The molecule has 1 aliphatic heterocycles. The highest BCUT2D eigenvalue weighted by Crippen LogP contribution is 2.31. The van der Waals surface area contributed by atoms with E-state index in [-0.39, 0.29) is 31.9 Å². The highest BCUT2D eigenvalue weighted by molar-refractivity contribution is 7.89. The molecule has 2 aromatic rings. The molecule has 2 heterocycles. The monoisotopic (exact) mass is 416 g/mol. The minimum absolute atomic E-state index is 0.00813. The number of rotatable bonds is 3. The Hall–Kier alpha value is -2.73. The number of nitrogens with one attached hydrogen (secondary N) is 1. The second-order valence-corrected chi connectivity index (χ2v) is 7.97. The topological polar surface area (TPSA) is 103 Å². The fourth-order valence-electron chi connectivity index (χ4n) is 2.74. The van der Waals surface area contributed by atoms with Crippen molar-refractivity contribution in [2.45, 2.75) is 11.1 Å². The summed E-state index contributed by atoms with van der Waals surface area (Å²) in [7, 11) is -4.13. The van der Waals surface area contributed by atoms with Crippen molar-refractivity contribution in [3.05, 3.63) is 58.0 Å². The molecule has 0 aliphatic carbocycles. The van der Waals surface area contributed by atoms with Crippen molar-refractivity contribution in [1.29, 1.82) is 0 Å². The van der Waals surface area contributed by atoms with Gasteiger partial charge in [-0.1, -0.05) is 6.07 Å². The average Bonchev–Trinajstić information content (AvgIpc) is 2.67. The number of hydrogen-bond donors (Lipinski definition) is 1. The van der Waals surface area contributed by atoms with Crippen LogP contribution in [0.3, 0.4) is 0 Å². The lowest BCUT2D eigenvalue weighted by Gasteiger charge is -2.33. The molecular formula is C16H15F3N4O4S. The molecular weight excluding hydrogens is 401 g/mol. The fourth-order valence-corrected chi connectivity index (χ4v) is 4.21.